The zero-order valence-corrected chi connectivity index (χ0v) is 13.2. The number of Topliss-reactive ketones (excluding diaryl/α,β-unsaturated/α-hetero) is 1. The van der Waals surface area contributed by atoms with Gasteiger partial charge in [-0.2, -0.15) is 0 Å². The third-order valence-electron chi connectivity index (χ3n) is 3.64. The van der Waals surface area contributed by atoms with Crippen LogP contribution in [0.4, 0.5) is 0 Å². The predicted molar refractivity (Wildman–Crippen MR) is 78.6 cm³/mol. The van der Waals surface area contributed by atoms with Crippen LogP contribution in [-0.2, 0) is 19.1 Å². The first-order chi connectivity index (χ1) is 9.69. The average Bonchev–Trinajstić information content (AvgIpc) is 2.43. The number of likely N-dealkylation sites (N-methyl/N-ethyl adjacent to an activating group) is 1. The number of rotatable bonds is 5. The predicted octanol–water partition coefficient (Wildman–Crippen LogP) is 0.473. The summed E-state index contributed by atoms with van der Waals surface area (Å²) in [6, 6.07) is -0.00766. The Bertz CT molecular complexity index is 445. The second-order valence-electron chi connectivity index (χ2n) is 6.13. The summed E-state index contributed by atoms with van der Waals surface area (Å²) < 4.78 is 4.90. The summed E-state index contributed by atoms with van der Waals surface area (Å²) in [5, 5.41) is 0. The lowest BCUT2D eigenvalue weighted by atomic mass is 9.88. The lowest BCUT2D eigenvalue weighted by Gasteiger charge is -2.38. The van der Waals surface area contributed by atoms with Gasteiger partial charge in [0.05, 0.1) is 5.41 Å². The van der Waals surface area contributed by atoms with E-state index in [1.54, 1.807) is 18.7 Å². The van der Waals surface area contributed by atoms with E-state index in [1.807, 2.05) is 14.0 Å². The van der Waals surface area contributed by atoms with Crippen molar-refractivity contribution in [1.82, 2.24) is 9.80 Å². The number of amides is 1. The summed E-state index contributed by atoms with van der Waals surface area (Å²) in [7, 11) is 1.98. The molecule has 1 amide bonds. The van der Waals surface area contributed by atoms with Crippen molar-refractivity contribution < 1.29 is 19.1 Å². The van der Waals surface area contributed by atoms with Gasteiger partial charge in [0, 0.05) is 31.8 Å². The average molecular weight is 296 g/mol. The number of hydrogen-bond acceptors (Lipinski definition) is 5. The molecule has 21 heavy (non-hydrogen) atoms. The highest BCUT2D eigenvalue weighted by Crippen LogP contribution is 2.20. The van der Waals surface area contributed by atoms with Crippen molar-refractivity contribution in [3.05, 3.63) is 12.7 Å². The third-order valence-corrected chi connectivity index (χ3v) is 3.64. The van der Waals surface area contributed by atoms with Crippen LogP contribution in [0.15, 0.2) is 12.7 Å². The van der Waals surface area contributed by atoms with Crippen molar-refractivity contribution in [1.29, 1.82) is 0 Å². The highest BCUT2D eigenvalue weighted by molar-refractivity contribution is 6.38. The molecule has 0 radical (unpaired) electrons. The van der Waals surface area contributed by atoms with Gasteiger partial charge >= 0.3 is 5.97 Å². The largest absolute Gasteiger partial charge is 0.461 e. The number of piperazine rings is 1. The molecule has 0 aromatic rings. The molecule has 0 aromatic heterocycles. The summed E-state index contributed by atoms with van der Waals surface area (Å²) in [6.45, 7) is 10.3. The van der Waals surface area contributed by atoms with E-state index in [2.05, 4.69) is 11.5 Å². The van der Waals surface area contributed by atoms with Gasteiger partial charge in [-0.25, -0.2) is 4.79 Å². The number of esters is 1. The number of carbonyl (C=O) groups excluding carboxylic acids is 3. The zero-order chi connectivity index (χ0) is 16.2. The molecule has 1 unspecified atom stereocenters. The fourth-order valence-electron chi connectivity index (χ4n) is 2.24. The van der Waals surface area contributed by atoms with Crippen molar-refractivity contribution in [3.63, 3.8) is 0 Å². The van der Waals surface area contributed by atoms with Gasteiger partial charge < -0.3 is 14.5 Å². The standard InChI is InChI=1S/C15H24N2O4/c1-6-12(18)21-10-15(3,4)13(19)14(20)17-8-7-16(5)9-11(17)2/h6,11H,1,7-10H2,2-5H3. The summed E-state index contributed by atoms with van der Waals surface area (Å²) in [5.74, 6) is -1.64. The van der Waals surface area contributed by atoms with Crippen LogP contribution in [0.1, 0.15) is 20.8 Å². The van der Waals surface area contributed by atoms with Crippen molar-refractivity contribution in [3.8, 4) is 0 Å². The first-order valence-corrected chi connectivity index (χ1v) is 7.02. The second kappa shape index (κ2) is 6.85. The van der Waals surface area contributed by atoms with E-state index in [-0.39, 0.29) is 12.6 Å². The normalized spacial score (nSPS) is 20.0. The number of carbonyl (C=O) groups is 3. The maximum absolute atomic E-state index is 12.4. The summed E-state index contributed by atoms with van der Waals surface area (Å²) in [6.07, 6.45) is 1.03. The Labute approximate surface area is 125 Å². The summed E-state index contributed by atoms with van der Waals surface area (Å²) in [5.41, 5.74) is -1.04. The van der Waals surface area contributed by atoms with Crippen molar-refractivity contribution in [2.75, 3.05) is 33.3 Å². The minimum absolute atomic E-state index is 0.00766. The van der Waals surface area contributed by atoms with Crippen molar-refractivity contribution >= 4 is 17.7 Å². The molecule has 0 spiro atoms. The van der Waals surface area contributed by atoms with Gasteiger partial charge in [-0.15, -0.1) is 0 Å². The molecular weight excluding hydrogens is 272 g/mol. The van der Waals surface area contributed by atoms with E-state index < -0.39 is 23.1 Å². The van der Waals surface area contributed by atoms with Gasteiger partial charge in [0.15, 0.2) is 0 Å². The first kappa shape index (κ1) is 17.4. The first-order valence-electron chi connectivity index (χ1n) is 7.02. The summed E-state index contributed by atoms with van der Waals surface area (Å²) >= 11 is 0. The highest BCUT2D eigenvalue weighted by Gasteiger charge is 2.39. The number of nitrogens with zero attached hydrogens (tertiary/aromatic N) is 2. The molecule has 118 valence electrons. The molecule has 0 bridgehead atoms. The van der Waals surface area contributed by atoms with Gasteiger partial charge in [0.1, 0.15) is 6.61 Å². The molecule has 1 fully saturated rings. The maximum atomic E-state index is 12.4. The minimum atomic E-state index is -1.04. The Morgan fingerprint density at radius 1 is 1.33 bits per heavy atom. The summed E-state index contributed by atoms with van der Waals surface area (Å²) in [4.78, 5) is 39.5. The molecular formula is C15H24N2O4. The van der Waals surface area contributed by atoms with Gasteiger partial charge in [-0.05, 0) is 27.8 Å². The molecule has 1 atom stereocenters. The monoisotopic (exact) mass is 296 g/mol. The van der Waals surface area contributed by atoms with Crippen LogP contribution in [0.25, 0.3) is 0 Å². The Kier molecular flexibility index (Phi) is 5.66. The van der Waals surface area contributed by atoms with E-state index in [0.717, 1.165) is 19.2 Å². The van der Waals surface area contributed by atoms with E-state index in [1.165, 1.54) is 0 Å². The van der Waals surface area contributed by atoms with E-state index in [9.17, 15) is 14.4 Å². The van der Waals surface area contributed by atoms with Gasteiger partial charge in [0.25, 0.3) is 5.91 Å². The molecule has 1 aliphatic heterocycles. The van der Waals surface area contributed by atoms with E-state index in [4.69, 9.17) is 4.74 Å². The van der Waals surface area contributed by atoms with Crippen molar-refractivity contribution in [2.45, 2.75) is 26.8 Å². The third kappa shape index (κ3) is 4.39. The van der Waals surface area contributed by atoms with Gasteiger partial charge in [-0.3, -0.25) is 9.59 Å². The Hall–Kier alpha value is -1.69. The van der Waals surface area contributed by atoms with Crippen LogP contribution in [0.5, 0.6) is 0 Å². The molecule has 0 aromatic carbocycles. The number of ether oxygens (including phenoxy) is 1. The highest BCUT2D eigenvalue weighted by atomic mass is 16.5. The minimum Gasteiger partial charge on any atom is -0.461 e. The molecule has 0 N–H and O–H groups in total. The molecule has 6 heteroatoms. The zero-order valence-electron chi connectivity index (χ0n) is 13.2. The Morgan fingerprint density at radius 3 is 2.48 bits per heavy atom. The molecule has 0 aliphatic carbocycles. The SMILES string of the molecule is C=CC(=O)OCC(C)(C)C(=O)C(=O)N1CCN(C)CC1C. The number of ketones is 1. The Balaban J connectivity index is 2.70. The molecule has 1 heterocycles. The fraction of sp³-hybridized carbons (Fsp3) is 0.667. The van der Waals surface area contributed by atoms with Crippen LogP contribution in [-0.4, -0.2) is 66.8 Å². The molecule has 6 nitrogen and oxygen atoms in total. The smallest absolute Gasteiger partial charge is 0.330 e. The second-order valence-corrected chi connectivity index (χ2v) is 6.13. The topological polar surface area (TPSA) is 66.9 Å². The quantitative estimate of drug-likeness (QED) is 0.419. The molecule has 1 rings (SSSR count). The maximum Gasteiger partial charge on any atom is 0.330 e. The van der Waals surface area contributed by atoms with Gasteiger partial charge in [-0.1, -0.05) is 6.58 Å². The van der Waals surface area contributed by atoms with Crippen LogP contribution >= 0.6 is 0 Å². The van der Waals surface area contributed by atoms with E-state index in [0.29, 0.717) is 6.54 Å². The van der Waals surface area contributed by atoms with Crippen molar-refractivity contribution in [2.24, 2.45) is 5.41 Å². The molecule has 0 saturated carbocycles. The van der Waals surface area contributed by atoms with Crippen LogP contribution in [0.3, 0.4) is 0 Å². The van der Waals surface area contributed by atoms with E-state index >= 15 is 0 Å². The van der Waals surface area contributed by atoms with Gasteiger partial charge in [0.2, 0.25) is 5.78 Å². The Morgan fingerprint density at radius 2 is 1.95 bits per heavy atom. The van der Waals surface area contributed by atoms with Crippen LogP contribution in [0, 0.1) is 5.41 Å². The lowest BCUT2D eigenvalue weighted by Crippen LogP contribution is -2.56. The van der Waals surface area contributed by atoms with Crippen LogP contribution in [0.2, 0.25) is 0 Å². The molecule has 1 aliphatic rings. The molecule has 1 saturated heterocycles. The fourth-order valence-corrected chi connectivity index (χ4v) is 2.24. The lowest BCUT2D eigenvalue weighted by molar-refractivity contribution is -0.155. The van der Waals surface area contributed by atoms with Crippen LogP contribution < -0.4 is 0 Å². The number of hydrogen-bond donors (Lipinski definition) is 0.